The predicted octanol–water partition coefficient (Wildman–Crippen LogP) is 3.60. The molecule has 1 spiro atoms. The van der Waals surface area contributed by atoms with Crippen LogP contribution in [0.15, 0.2) is 66.2 Å². The Morgan fingerprint density at radius 2 is 1.63 bits per heavy atom. The van der Waals surface area contributed by atoms with Crippen LogP contribution >= 0.6 is 0 Å². The molecule has 3 amide bonds. The molecule has 2 aromatic carbocycles. The molecular formula is C34H44N4O7S. The minimum Gasteiger partial charge on any atom is -0.444 e. The second kappa shape index (κ2) is 13.4. The molecule has 3 heterocycles. The van der Waals surface area contributed by atoms with Crippen LogP contribution in [-0.2, 0) is 41.1 Å². The molecule has 2 aromatic rings. The molecule has 0 radical (unpaired) electrons. The summed E-state index contributed by atoms with van der Waals surface area (Å²) in [5.74, 6) is -0.609. The second-order valence-electron chi connectivity index (χ2n) is 13.3. The summed E-state index contributed by atoms with van der Waals surface area (Å²) in [7, 11) is -3.45. The Hall–Kier alpha value is -3.90. The molecule has 12 heteroatoms. The van der Waals surface area contributed by atoms with Gasteiger partial charge in [-0.3, -0.25) is 13.9 Å². The van der Waals surface area contributed by atoms with Crippen molar-refractivity contribution in [2.75, 3.05) is 49.9 Å². The minimum atomic E-state index is -3.45. The van der Waals surface area contributed by atoms with Gasteiger partial charge in [-0.05, 0) is 57.2 Å². The molecule has 248 valence electrons. The number of piperidine rings is 1. The first-order valence-corrected chi connectivity index (χ1v) is 17.6. The van der Waals surface area contributed by atoms with Crippen molar-refractivity contribution in [2.45, 2.75) is 63.7 Å². The van der Waals surface area contributed by atoms with E-state index in [2.05, 4.69) is 5.32 Å². The Labute approximate surface area is 271 Å². The highest BCUT2D eigenvalue weighted by Gasteiger charge is 2.48. The number of ether oxygens (including phenoxy) is 2. The first-order valence-electron chi connectivity index (χ1n) is 15.7. The van der Waals surface area contributed by atoms with E-state index in [0.717, 1.165) is 11.1 Å². The van der Waals surface area contributed by atoms with Crippen LogP contribution in [0, 0.1) is 0 Å². The quantitative estimate of drug-likeness (QED) is 0.462. The van der Waals surface area contributed by atoms with Crippen LogP contribution in [0.5, 0.6) is 0 Å². The van der Waals surface area contributed by atoms with Crippen molar-refractivity contribution in [3.63, 3.8) is 0 Å². The van der Waals surface area contributed by atoms with Crippen molar-refractivity contribution in [2.24, 2.45) is 0 Å². The molecule has 1 atom stereocenters. The van der Waals surface area contributed by atoms with Gasteiger partial charge in [0.1, 0.15) is 11.6 Å². The number of nitrogens with one attached hydrogen (secondary N) is 1. The monoisotopic (exact) mass is 652 g/mol. The van der Waals surface area contributed by atoms with Gasteiger partial charge in [-0.2, -0.15) is 0 Å². The largest absolute Gasteiger partial charge is 0.444 e. The van der Waals surface area contributed by atoms with Gasteiger partial charge in [0, 0.05) is 43.7 Å². The molecule has 3 aliphatic heterocycles. The Bertz CT molecular complexity index is 1580. The van der Waals surface area contributed by atoms with Crippen LogP contribution < -0.4 is 9.62 Å². The highest BCUT2D eigenvalue weighted by Crippen LogP contribution is 2.47. The molecule has 3 aliphatic rings. The lowest BCUT2D eigenvalue weighted by Gasteiger charge is -2.41. The Balaban J connectivity index is 1.26. The molecular weight excluding hydrogens is 608 g/mol. The number of fused-ring (bicyclic) bond motifs is 2. The van der Waals surface area contributed by atoms with Crippen molar-refractivity contribution in [1.29, 1.82) is 0 Å². The summed E-state index contributed by atoms with van der Waals surface area (Å²) >= 11 is 0. The van der Waals surface area contributed by atoms with Crippen LogP contribution in [0.1, 0.15) is 51.2 Å². The van der Waals surface area contributed by atoms with Crippen LogP contribution in [0.25, 0.3) is 0 Å². The summed E-state index contributed by atoms with van der Waals surface area (Å²) in [4.78, 5) is 43.1. The zero-order chi connectivity index (χ0) is 33.1. The molecule has 1 fully saturated rings. The number of para-hydroxylation sites is 1. The smallest absolute Gasteiger partial charge is 0.410 e. The lowest BCUT2D eigenvalue weighted by molar-refractivity contribution is -0.139. The van der Waals surface area contributed by atoms with Crippen LogP contribution in [0.4, 0.5) is 10.5 Å². The summed E-state index contributed by atoms with van der Waals surface area (Å²) in [6.45, 7) is 7.45. The first-order chi connectivity index (χ1) is 21.8. The number of sulfonamides is 1. The van der Waals surface area contributed by atoms with Crippen LogP contribution in [-0.4, -0.2) is 93.4 Å². The normalized spacial score (nSPS) is 18.5. The maximum atomic E-state index is 13.9. The summed E-state index contributed by atoms with van der Waals surface area (Å²) < 4.78 is 38.1. The van der Waals surface area contributed by atoms with E-state index in [1.54, 1.807) is 36.6 Å². The number of carbonyl (C=O) groups excluding carboxylic acids is 3. The molecule has 0 aromatic heterocycles. The number of likely N-dealkylation sites (tertiary alicyclic amines) is 1. The summed E-state index contributed by atoms with van der Waals surface area (Å²) in [6.07, 6.45) is 4.02. The van der Waals surface area contributed by atoms with Gasteiger partial charge in [-0.1, -0.05) is 54.6 Å². The fraction of sp³-hybridized carbons (Fsp3) is 0.500. The standard InChI is InChI=1S/C34H44N4O7S/c1-33(2,3)45-32(41)37-18-14-26(15-19-37)30(39)35-28(23-44-22-25-10-6-5-7-11-25)31(40)36-20-16-34(17-21-36)24-38(46(4,42)43)29-13-9-8-12-27(29)34/h5-14,28H,15-24H2,1-4H3,(H,35,39)/t28-/m1/s1. The van der Waals surface area contributed by atoms with Gasteiger partial charge in [0.2, 0.25) is 21.8 Å². The third-order valence-electron chi connectivity index (χ3n) is 8.77. The van der Waals surface area contributed by atoms with Gasteiger partial charge in [0.15, 0.2) is 0 Å². The Kier molecular flexibility index (Phi) is 9.78. The SMILES string of the molecule is CC(C)(C)OC(=O)N1CC=C(C(=O)N[C@H](COCc2ccccc2)C(=O)N2CCC3(CC2)CN(S(C)(=O)=O)c2ccccc23)CC1. The van der Waals surface area contributed by atoms with E-state index in [4.69, 9.17) is 9.47 Å². The lowest BCUT2D eigenvalue weighted by Crippen LogP contribution is -2.55. The number of rotatable bonds is 8. The van der Waals surface area contributed by atoms with E-state index in [9.17, 15) is 22.8 Å². The molecule has 0 saturated carbocycles. The summed E-state index contributed by atoms with van der Waals surface area (Å²) in [5.41, 5.74) is 2.15. The number of amides is 3. The average molecular weight is 653 g/mol. The lowest BCUT2D eigenvalue weighted by atomic mass is 9.74. The summed E-state index contributed by atoms with van der Waals surface area (Å²) in [6, 6.07) is 16.3. The highest BCUT2D eigenvalue weighted by molar-refractivity contribution is 7.92. The van der Waals surface area contributed by atoms with E-state index in [0.29, 0.717) is 56.7 Å². The van der Waals surface area contributed by atoms with Crippen molar-refractivity contribution in [1.82, 2.24) is 15.1 Å². The third-order valence-corrected chi connectivity index (χ3v) is 9.90. The van der Waals surface area contributed by atoms with Gasteiger partial charge in [-0.25, -0.2) is 13.2 Å². The third kappa shape index (κ3) is 7.72. The predicted molar refractivity (Wildman–Crippen MR) is 175 cm³/mol. The topological polar surface area (TPSA) is 126 Å². The maximum Gasteiger partial charge on any atom is 0.410 e. The first kappa shape index (κ1) is 33.5. The molecule has 0 unspecified atom stereocenters. The zero-order valence-corrected chi connectivity index (χ0v) is 27.8. The average Bonchev–Trinajstić information content (AvgIpc) is 3.34. The van der Waals surface area contributed by atoms with E-state index in [1.165, 1.54) is 10.6 Å². The fourth-order valence-corrected chi connectivity index (χ4v) is 7.34. The number of hydrogen-bond acceptors (Lipinski definition) is 7. The Morgan fingerprint density at radius 1 is 0.957 bits per heavy atom. The fourth-order valence-electron chi connectivity index (χ4n) is 6.35. The molecule has 11 nitrogen and oxygen atoms in total. The maximum absolute atomic E-state index is 13.9. The van der Waals surface area contributed by atoms with E-state index < -0.39 is 27.8 Å². The number of hydrogen-bond donors (Lipinski definition) is 1. The van der Waals surface area contributed by atoms with Gasteiger partial charge in [-0.15, -0.1) is 0 Å². The zero-order valence-electron chi connectivity index (χ0n) is 27.0. The van der Waals surface area contributed by atoms with Crippen LogP contribution in [0.3, 0.4) is 0 Å². The summed E-state index contributed by atoms with van der Waals surface area (Å²) in [5, 5.41) is 2.91. The molecule has 0 bridgehead atoms. The second-order valence-corrected chi connectivity index (χ2v) is 15.2. The highest BCUT2D eigenvalue weighted by atomic mass is 32.2. The van der Waals surface area contributed by atoms with E-state index in [1.807, 2.05) is 54.6 Å². The number of anilines is 1. The number of benzene rings is 2. The van der Waals surface area contributed by atoms with Crippen molar-refractivity contribution in [3.8, 4) is 0 Å². The van der Waals surface area contributed by atoms with Crippen LogP contribution in [0.2, 0.25) is 0 Å². The van der Waals surface area contributed by atoms with Gasteiger partial charge >= 0.3 is 6.09 Å². The number of nitrogens with zero attached hydrogens (tertiary/aromatic N) is 3. The molecule has 1 saturated heterocycles. The van der Waals surface area contributed by atoms with E-state index in [-0.39, 0.29) is 37.0 Å². The van der Waals surface area contributed by atoms with Crippen molar-refractivity contribution >= 4 is 33.6 Å². The Morgan fingerprint density at radius 3 is 2.26 bits per heavy atom. The van der Waals surface area contributed by atoms with Crippen molar-refractivity contribution in [3.05, 3.63) is 77.4 Å². The van der Waals surface area contributed by atoms with E-state index >= 15 is 0 Å². The van der Waals surface area contributed by atoms with Gasteiger partial charge in [0.25, 0.3) is 0 Å². The minimum absolute atomic E-state index is 0.0108. The molecule has 0 aliphatic carbocycles. The number of carbonyl (C=O) groups is 3. The molecule has 5 rings (SSSR count). The van der Waals surface area contributed by atoms with Crippen molar-refractivity contribution < 1.29 is 32.3 Å². The molecule has 46 heavy (non-hydrogen) atoms. The van der Waals surface area contributed by atoms with Gasteiger partial charge in [0.05, 0.1) is 25.2 Å². The molecule has 1 N–H and O–H groups in total. The van der Waals surface area contributed by atoms with Gasteiger partial charge < -0.3 is 24.6 Å².